The van der Waals surface area contributed by atoms with Crippen LogP contribution >= 0.6 is 0 Å². The van der Waals surface area contributed by atoms with E-state index in [-0.39, 0.29) is 6.61 Å². The van der Waals surface area contributed by atoms with Crippen molar-refractivity contribution in [3.05, 3.63) is 12.4 Å². The van der Waals surface area contributed by atoms with Crippen molar-refractivity contribution >= 4 is 5.97 Å². The first-order chi connectivity index (χ1) is 4.22. The van der Waals surface area contributed by atoms with Crippen molar-refractivity contribution in [2.75, 3.05) is 6.61 Å². The van der Waals surface area contributed by atoms with E-state index in [0.717, 1.165) is 0 Å². The lowest BCUT2D eigenvalue weighted by molar-refractivity contribution is -0.140. The van der Waals surface area contributed by atoms with Crippen LogP contribution in [0, 0.1) is 0 Å². The maximum absolute atomic E-state index is 11.9. The summed E-state index contributed by atoms with van der Waals surface area (Å²) < 4.78 is 22.4. The van der Waals surface area contributed by atoms with E-state index in [1.54, 1.807) is 6.92 Å². The predicted octanol–water partition coefficient (Wildman–Crippen LogP) is 1.03. The molecule has 0 unspecified atom stereocenters. The third kappa shape index (κ3) is 2.34. The first-order valence-corrected chi connectivity index (χ1v) is 2.13. The maximum atomic E-state index is 11.9. The number of esters is 1. The number of hydrogen-bond donors (Lipinski definition) is 0. The van der Waals surface area contributed by atoms with Crippen LogP contribution in [0.25, 0.3) is 0 Å². The standard InChI is InChI=1S/C5H7FO2/c1-3-8-5(7)4(2)6/h2-3H2,1H3/i2D. The summed E-state index contributed by atoms with van der Waals surface area (Å²) in [4.78, 5) is 10.2. The van der Waals surface area contributed by atoms with Gasteiger partial charge < -0.3 is 4.74 Å². The van der Waals surface area contributed by atoms with Crippen LogP contribution in [0.4, 0.5) is 4.39 Å². The molecule has 3 heteroatoms. The van der Waals surface area contributed by atoms with Gasteiger partial charge in [-0.3, -0.25) is 0 Å². The van der Waals surface area contributed by atoms with Crippen molar-refractivity contribution in [2.45, 2.75) is 6.92 Å². The normalized spacial score (nSPS) is 12.8. The molecule has 0 N–H and O–H groups in total. The Morgan fingerprint density at radius 3 is 3.12 bits per heavy atom. The molecule has 0 bridgehead atoms. The number of halogens is 1. The Kier molecular flexibility index (Phi) is 2.10. The number of hydrogen-bond acceptors (Lipinski definition) is 2. The first-order valence-electron chi connectivity index (χ1n) is 2.71. The van der Waals surface area contributed by atoms with Gasteiger partial charge in [-0.15, -0.1) is 0 Å². The Hall–Kier alpha value is -0.860. The average molecular weight is 119 g/mol. The molecule has 0 aromatic carbocycles. The van der Waals surface area contributed by atoms with Crippen molar-refractivity contribution < 1.29 is 15.3 Å². The highest BCUT2D eigenvalue weighted by Gasteiger charge is 2.03. The number of carbonyl (C=O) groups excluding carboxylic acids is 1. The Morgan fingerprint density at radius 2 is 2.75 bits per heavy atom. The fourth-order valence-corrected chi connectivity index (χ4v) is 0.200. The zero-order chi connectivity index (χ0) is 7.28. The molecule has 0 fully saturated rings. The highest BCUT2D eigenvalue weighted by atomic mass is 19.1. The molecule has 0 rings (SSSR count). The van der Waals surface area contributed by atoms with E-state index >= 15 is 0 Å². The molecule has 0 saturated carbocycles. The van der Waals surface area contributed by atoms with Gasteiger partial charge in [0, 0.05) is 0 Å². The van der Waals surface area contributed by atoms with Crippen molar-refractivity contribution in [1.82, 2.24) is 0 Å². The highest BCUT2D eigenvalue weighted by Crippen LogP contribution is 1.93. The third-order valence-electron chi connectivity index (χ3n) is 0.470. The van der Waals surface area contributed by atoms with Gasteiger partial charge in [0.15, 0.2) is 0 Å². The van der Waals surface area contributed by atoms with Gasteiger partial charge in [0.05, 0.1) is 7.98 Å². The van der Waals surface area contributed by atoms with Gasteiger partial charge in [-0.25, -0.2) is 4.79 Å². The van der Waals surface area contributed by atoms with Crippen LogP contribution in [0.5, 0.6) is 0 Å². The summed E-state index contributed by atoms with van der Waals surface area (Å²) in [6.45, 7) is 2.01. The number of carbonyl (C=O) groups is 1. The first kappa shape index (κ1) is 5.28. The molecule has 0 aromatic heterocycles. The summed E-state index contributed by atoms with van der Waals surface area (Å²) in [5.74, 6) is -2.25. The van der Waals surface area contributed by atoms with Crippen LogP contribution in [-0.2, 0) is 9.53 Å². The molecule has 0 heterocycles. The van der Waals surface area contributed by atoms with Gasteiger partial charge in [0.25, 0.3) is 0 Å². The molecule has 0 aliphatic carbocycles. The molecule has 2 nitrogen and oxygen atoms in total. The van der Waals surface area contributed by atoms with Crippen molar-refractivity contribution in [3.8, 4) is 0 Å². The average Bonchev–Trinajstić information content (AvgIpc) is 1.87. The Balaban J connectivity index is 3.74. The lowest BCUT2D eigenvalue weighted by Crippen LogP contribution is -2.02. The Bertz CT molecular complexity index is 133. The summed E-state index contributed by atoms with van der Waals surface area (Å²) >= 11 is 0. The molecule has 46 valence electrons. The van der Waals surface area contributed by atoms with E-state index in [1.165, 1.54) is 0 Å². The Labute approximate surface area is 48.4 Å². The second kappa shape index (κ2) is 3.18. The molecule has 0 saturated heterocycles. The minimum Gasteiger partial charge on any atom is -0.461 e. The topological polar surface area (TPSA) is 26.3 Å². The molecule has 0 radical (unpaired) electrons. The van der Waals surface area contributed by atoms with Crippen LogP contribution < -0.4 is 0 Å². The highest BCUT2D eigenvalue weighted by molar-refractivity contribution is 5.85. The minimum atomic E-state index is -1.17. The number of rotatable bonds is 2. The summed E-state index contributed by atoms with van der Waals surface area (Å²) in [6, 6.07) is 0. The predicted molar refractivity (Wildman–Crippen MR) is 26.9 cm³/mol. The van der Waals surface area contributed by atoms with Crippen molar-refractivity contribution in [2.24, 2.45) is 0 Å². The van der Waals surface area contributed by atoms with E-state index < -0.39 is 11.8 Å². The SMILES string of the molecule is [2H]C=C(F)C(=O)OCC. The van der Waals surface area contributed by atoms with E-state index in [1.807, 2.05) is 0 Å². The second-order valence-electron chi connectivity index (χ2n) is 1.07. The molecule has 0 aliphatic rings. The second-order valence-corrected chi connectivity index (χ2v) is 1.07. The molecule has 0 spiro atoms. The number of ether oxygens (including phenoxy) is 1. The van der Waals surface area contributed by atoms with Crippen LogP contribution in [0.3, 0.4) is 0 Å². The zero-order valence-corrected chi connectivity index (χ0v) is 4.48. The van der Waals surface area contributed by atoms with Gasteiger partial charge in [0.2, 0.25) is 5.83 Å². The summed E-state index contributed by atoms with van der Waals surface area (Å²) in [5.41, 5.74) is 0. The lowest BCUT2D eigenvalue weighted by Gasteiger charge is -1.94. The van der Waals surface area contributed by atoms with Gasteiger partial charge in [-0.05, 0) is 6.92 Å². The lowest BCUT2D eigenvalue weighted by atomic mass is 10.6. The quantitative estimate of drug-likeness (QED) is 0.401. The minimum absolute atomic E-state index is 0.125. The van der Waals surface area contributed by atoms with Gasteiger partial charge in [-0.2, -0.15) is 4.39 Å². The van der Waals surface area contributed by atoms with Crippen molar-refractivity contribution in [3.63, 3.8) is 0 Å². The van der Waals surface area contributed by atoms with Crippen LogP contribution in [0.2, 0.25) is 0 Å². The Morgan fingerprint density at radius 1 is 2.12 bits per heavy atom. The van der Waals surface area contributed by atoms with Crippen LogP contribution in [-0.4, -0.2) is 12.6 Å². The van der Waals surface area contributed by atoms with E-state index in [0.29, 0.717) is 6.55 Å². The largest absolute Gasteiger partial charge is 0.461 e. The van der Waals surface area contributed by atoms with Crippen LogP contribution in [0.15, 0.2) is 12.4 Å². The summed E-state index contributed by atoms with van der Waals surface area (Å²) in [5, 5.41) is 0. The third-order valence-corrected chi connectivity index (χ3v) is 0.470. The monoisotopic (exact) mass is 119 g/mol. The van der Waals surface area contributed by atoms with E-state index in [2.05, 4.69) is 4.74 Å². The van der Waals surface area contributed by atoms with Crippen LogP contribution in [0.1, 0.15) is 8.29 Å². The van der Waals surface area contributed by atoms with E-state index in [4.69, 9.17) is 1.37 Å². The van der Waals surface area contributed by atoms with E-state index in [9.17, 15) is 9.18 Å². The molecule has 0 aromatic rings. The molecule has 0 aliphatic heterocycles. The molecule has 0 amide bonds. The molecule has 8 heavy (non-hydrogen) atoms. The zero-order valence-electron chi connectivity index (χ0n) is 5.48. The van der Waals surface area contributed by atoms with Crippen molar-refractivity contribution in [1.29, 1.82) is 0 Å². The smallest absolute Gasteiger partial charge is 0.366 e. The maximum Gasteiger partial charge on any atom is 0.366 e. The molecular weight excluding hydrogens is 111 g/mol. The fourth-order valence-electron chi connectivity index (χ4n) is 0.200. The van der Waals surface area contributed by atoms with Gasteiger partial charge >= 0.3 is 5.97 Å². The molecular formula is C5H7FO2. The fraction of sp³-hybridized carbons (Fsp3) is 0.400. The summed E-state index contributed by atoms with van der Waals surface area (Å²) in [7, 11) is 0. The van der Waals surface area contributed by atoms with Gasteiger partial charge in [0.1, 0.15) is 0 Å². The summed E-state index contributed by atoms with van der Waals surface area (Å²) in [6.07, 6.45) is 0. The molecule has 0 atom stereocenters. The van der Waals surface area contributed by atoms with Gasteiger partial charge in [-0.1, -0.05) is 6.55 Å².